The van der Waals surface area contributed by atoms with Crippen LogP contribution in [-0.4, -0.2) is 13.7 Å². The lowest BCUT2D eigenvalue weighted by molar-refractivity contribution is 0.356. The predicted molar refractivity (Wildman–Crippen MR) is 82.2 cm³/mol. The molecule has 104 valence electrons. The quantitative estimate of drug-likeness (QED) is 0.895. The van der Waals surface area contributed by atoms with Crippen LogP contribution in [0.5, 0.6) is 5.75 Å². The van der Waals surface area contributed by atoms with Crippen LogP contribution in [0.1, 0.15) is 29.2 Å². The fourth-order valence-electron chi connectivity index (χ4n) is 2.86. The zero-order valence-electron chi connectivity index (χ0n) is 11.9. The maximum absolute atomic E-state index is 5.58. The van der Waals surface area contributed by atoms with Gasteiger partial charge in [-0.1, -0.05) is 42.5 Å². The smallest absolute Gasteiger partial charge is 0.122 e. The molecule has 0 radical (unpaired) electrons. The van der Waals surface area contributed by atoms with Crippen molar-refractivity contribution in [1.82, 2.24) is 5.32 Å². The number of aryl methyl sites for hydroxylation is 1. The van der Waals surface area contributed by atoms with E-state index in [0.717, 1.165) is 31.6 Å². The van der Waals surface area contributed by atoms with Gasteiger partial charge < -0.3 is 10.1 Å². The molecule has 20 heavy (non-hydrogen) atoms. The minimum absolute atomic E-state index is 0.404. The first-order valence-corrected chi connectivity index (χ1v) is 7.33. The van der Waals surface area contributed by atoms with Gasteiger partial charge in [0.1, 0.15) is 5.75 Å². The predicted octanol–water partition coefficient (Wildman–Crippen LogP) is 3.51. The maximum atomic E-state index is 5.58. The Labute approximate surface area is 120 Å². The first kappa shape index (κ1) is 13.2. The molecule has 0 fully saturated rings. The summed E-state index contributed by atoms with van der Waals surface area (Å²) in [5.74, 6) is 1.06. The normalized spacial score (nSPS) is 14.7. The van der Waals surface area contributed by atoms with E-state index in [1.165, 1.54) is 16.7 Å². The lowest BCUT2D eigenvalue weighted by Gasteiger charge is -2.17. The molecule has 2 aromatic carbocycles. The molecule has 0 spiro atoms. The minimum atomic E-state index is 0.404. The monoisotopic (exact) mass is 267 g/mol. The van der Waals surface area contributed by atoms with Crippen molar-refractivity contribution in [1.29, 1.82) is 0 Å². The van der Waals surface area contributed by atoms with Gasteiger partial charge in [-0.3, -0.25) is 0 Å². The van der Waals surface area contributed by atoms with Crippen LogP contribution in [-0.2, 0) is 12.8 Å². The van der Waals surface area contributed by atoms with E-state index in [2.05, 4.69) is 53.8 Å². The molecule has 0 saturated heterocycles. The van der Waals surface area contributed by atoms with Gasteiger partial charge in [0.25, 0.3) is 0 Å². The fraction of sp³-hybridized carbons (Fsp3) is 0.333. The molecule has 0 aliphatic carbocycles. The molecule has 0 aromatic heterocycles. The lowest BCUT2D eigenvalue weighted by atomic mass is 9.97. The Hall–Kier alpha value is -1.80. The Morgan fingerprint density at radius 3 is 2.80 bits per heavy atom. The molecular formula is C18H21NO. The van der Waals surface area contributed by atoms with E-state index in [4.69, 9.17) is 4.74 Å². The van der Waals surface area contributed by atoms with Gasteiger partial charge in [0.05, 0.1) is 6.61 Å². The summed E-state index contributed by atoms with van der Waals surface area (Å²) in [5.41, 5.74) is 4.12. The van der Waals surface area contributed by atoms with Gasteiger partial charge in [-0.05, 0) is 42.6 Å². The van der Waals surface area contributed by atoms with Gasteiger partial charge in [-0.25, -0.2) is 0 Å². The van der Waals surface area contributed by atoms with Crippen molar-refractivity contribution < 1.29 is 4.74 Å². The number of nitrogens with one attached hydrogen (secondary N) is 1. The SMILES string of the molecule is CNC(CCc1ccccc1)c1ccc2c(c1)CCO2. The number of ether oxygens (including phenoxy) is 1. The Balaban J connectivity index is 1.70. The summed E-state index contributed by atoms with van der Waals surface area (Å²) in [6, 6.07) is 17.7. The van der Waals surface area contributed by atoms with Crippen LogP contribution >= 0.6 is 0 Å². The molecule has 3 rings (SSSR count). The summed E-state index contributed by atoms with van der Waals surface area (Å²) in [6.07, 6.45) is 3.25. The van der Waals surface area contributed by atoms with Gasteiger partial charge in [0.2, 0.25) is 0 Å². The zero-order chi connectivity index (χ0) is 13.8. The van der Waals surface area contributed by atoms with E-state index < -0.39 is 0 Å². The van der Waals surface area contributed by atoms with Crippen molar-refractivity contribution >= 4 is 0 Å². The van der Waals surface area contributed by atoms with Crippen LogP contribution in [0.25, 0.3) is 0 Å². The highest BCUT2D eigenvalue weighted by Gasteiger charge is 2.15. The summed E-state index contributed by atoms with van der Waals surface area (Å²) in [6.45, 7) is 0.826. The second-order valence-electron chi connectivity index (χ2n) is 5.33. The second kappa shape index (κ2) is 6.10. The third-order valence-corrected chi connectivity index (χ3v) is 4.03. The molecule has 2 nitrogen and oxygen atoms in total. The van der Waals surface area contributed by atoms with Gasteiger partial charge in [0.15, 0.2) is 0 Å². The highest BCUT2D eigenvalue weighted by atomic mass is 16.5. The summed E-state index contributed by atoms with van der Waals surface area (Å²) in [7, 11) is 2.04. The van der Waals surface area contributed by atoms with Gasteiger partial charge in [-0.15, -0.1) is 0 Å². The Kier molecular flexibility index (Phi) is 4.03. The molecule has 0 amide bonds. The number of hydrogen-bond acceptors (Lipinski definition) is 2. The zero-order valence-corrected chi connectivity index (χ0v) is 11.9. The number of rotatable bonds is 5. The highest BCUT2D eigenvalue weighted by molar-refractivity contribution is 5.40. The maximum Gasteiger partial charge on any atom is 0.122 e. The molecule has 0 saturated carbocycles. The van der Waals surface area contributed by atoms with Crippen molar-refractivity contribution in [2.45, 2.75) is 25.3 Å². The largest absolute Gasteiger partial charge is 0.493 e. The number of hydrogen-bond donors (Lipinski definition) is 1. The average molecular weight is 267 g/mol. The Morgan fingerprint density at radius 2 is 2.00 bits per heavy atom. The fourth-order valence-corrected chi connectivity index (χ4v) is 2.86. The summed E-state index contributed by atoms with van der Waals surface area (Å²) in [5, 5.41) is 3.44. The summed E-state index contributed by atoms with van der Waals surface area (Å²) < 4.78 is 5.58. The van der Waals surface area contributed by atoms with Crippen molar-refractivity contribution in [3.63, 3.8) is 0 Å². The third kappa shape index (κ3) is 2.86. The summed E-state index contributed by atoms with van der Waals surface area (Å²) in [4.78, 5) is 0. The second-order valence-corrected chi connectivity index (χ2v) is 5.33. The highest BCUT2D eigenvalue weighted by Crippen LogP contribution is 2.29. The first-order chi connectivity index (χ1) is 9.86. The first-order valence-electron chi connectivity index (χ1n) is 7.33. The molecule has 1 atom stereocenters. The Bertz CT molecular complexity index is 565. The van der Waals surface area contributed by atoms with Crippen LogP contribution in [0.4, 0.5) is 0 Å². The van der Waals surface area contributed by atoms with Crippen molar-refractivity contribution in [2.75, 3.05) is 13.7 Å². The molecule has 2 aromatic rings. The molecule has 2 heteroatoms. The Morgan fingerprint density at radius 1 is 1.15 bits per heavy atom. The van der Waals surface area contributed by atoms with E-state index in [9.17, 15) is 0 Å². The van der Waals surface area contributed by atoms with Crippen molar-refractivity contribution in [3.8, 4) is 5.75 Å². The molecular weight excluding hydrogens is 246 g/mol. The van der Waals surface area contributed by atoms with E-state index in [1.807, 2.05) is 7.05 Å². The third-order valence-electron chi connectivity index (χ3n) is 4.03. The molecule has 0 bridgehead atoms. The summed E-state index contributed by atoms with van der Waals surface area (Å²) >= 11 is 0. The van der Waals surface area contributed by atoms with E-state index in [0.29, 0.717) is 6.04 Å². The van der Waals surface area contributed by atoms with Crippen LogP contribution < -0.4 is 10.1 Å². The van der Waals surface area contributed by atoms with Gasteiger partial charge >= 0.3 is 0 Å². The van der Waals surface area contributed by atoms with Crippen molar-refractivity contribution in [3.05, 3.63) is 65.2 Å². The van der Waals surface area contributed by atoms with E-state index in [1.54, 1.807) is 0 Å². The number of fused-ring (bicyclic) bond motifs is 1. The standard InChI is InChI=1S/C18H21NO/c1-19-17(9-7-14-5-3-2-4-6-14)15-8-10-18-16(13-15)11-12-20-18/h2-6,8,10,13,17,19H,7,9,11-12H2,1H3. The minimum Gasteiger partial charge on any atom is -0.493 e. The van der Waals surface area contributed by atoms with E-state index >= 15 is 0 Å². The average Bonchev–Trinajstić information content (AvgIpc) is 2.96. The van der Waals surface area contributed by atoms with Gasteiger partial charge in [-0.2, -0.15) is 0 Å². The van der Waals surface area contributed by atoms with Crippen molar-refractivity contribution in [2.24, 2.45) is 0 Å². The molecule has 1 unspecified atom stereocenters. The molecule has 1 aliphatic heterocycles. The van der Waals surface area contributed by atoms with Crippen LogP contribution in [0, 0.1) is 0 Å². The van der Waals surface area contributed by atoms with Crippen LogP contribution in [0.15, 0.2) is 48.5 Å². The van der Waals surface area contributed by atoms with Crippen LogP contribution in [0.3, 0.4) is 0 Å². The topological polar surface area (TPSA) is 21.3 Å². The van der Waals surface area contributed by atoms with Gasteiger partial charge in [0, 0.05) is 12.5 Å². The molecule has 1 heterocycles. The molecule has 1 N–H and O–H groups in total. The number of benzene rings is 2. The molecule has 1 aliphatic rings. The van der Waals surface area contributed by atoms with E-state index in [-0.39, 0.29) is 0 Å². The lowest BCUT2D eigenvalue weighted by Crippen LogP contribution is -2.17. The van der Waals surface area contributed by atoms with Crippen LogP contribution in [0.2, 0.25) is 0 Å².